The predicted molar refractivity (Wildman–Crippen MR) is 134 cm³/mol. The largest absolute Gasteiger partial charge is 0.396 e. The van der Waals surface area contributed by atoms with Gasteiger partial charge in [-0.2, -0.15) is 0 Å². The third kappa shape index (κ3) is 3.54. The molecule has 1 aromatic heterocycles. The summed E-state index contributed by atoms with van der Waals surface area (Å²) in [6.07, 6.45) is 12.4. The molecule has 6 saturated carbocycles. The molecule has 1 unspecified atom stereocenters. The van der Waals surface area contributed by atoms with Crippen molar-refractivity contribution in [1.29, 1.82) is 0 Å². The maximum atomic E-state index is 13.2. The minimum Gasteiger partial charge on any atom is -0.396 e. The van der Waals surface area contributed by atoms with Crippen molar-refractivity contribution in [2.45, 2.75) is 70.3 Å². The first kappa shape index (κ1) is 21.2. The summed E-state index contributed by atoms with van der Waals surface area (Å²) in [6.45, 7) is 0.256. The minimum atomic E-state index is 0.171. The number of fused-ring (bicyclic) bond motifs is 3. The molecule has 6 aliphatic carbocycles. The first-order valence-corrected chi connectivity index (χ1v) is 13.6. The van der Waals surface area contributed by atoms with E-state index in [4.69, 9.17) is 4.98 Å². The second kappa shape index (κ2) is 7.94. The van der Waals surface area contributed by atoms with E-state index in [1.165, 1.54) is 57.8 Å². The molecular weight excluding hydrogens is 422 g/mol. The van der Waals surface area contributed by atoms with E-state index in [9.17, 15) is 9.90 Å². The second-order valence-electron chi connectivity index (χ2n) is 12.6. The smallest absolute Gasteiger partial charge is 0.224 e. The molecule has 34 heavy (non-hydrogen) atoms. The fourth-order valence-electron chi connectivity index (χ4n) is 9.45. The highest BCUT2D eigenvalue weighted by Crippen LogP contribution is 2.61. The number of amides is 1. The molecule has 0 saturated heterocycles. The fraction of sp³-hybridized carbons (Fsp3) is 0.655. The number of aromatic nitrogens is 1. The van der Waals surface area contributed by atoms with Crippen LogP contribution in [0, 0.1) is 40.9 Å². The lowest BCUT2D eigenvalue weighted by molar-refractivity contribution is -0.124. The number of nitrogens with one attached hydrogen (secondary N) is 2. The number of rotatable bonds is 6. The van der Waals surface area contributed by atoms with E-state index >= 15 is 0 Å². The van der Waals surface area contributed by atoms with E-state index in [0.29, 0.717) is 30.2 Å². The number of hydrogen-bond donors (Lipinski definition) is 3. The number of hydrogen-bond acceptors (Lipinski definition) is 4. The zero-order chi connectivity index (χ0) is 22.9. The van der Waals surface area contributed by atoms with Gasteiger partial charge < -0.3 is 15.7 Å². The van der Waals surface area contributed by atoms with E-state index in [1.807, 2.05) is 24.3 Å². The molecule has 5 heteroatoms. The zero-order valence-electron chi connectivity index (χ0n) is 20.0. The molecule has 1 aromatic carbocycles. The summed E-state index contributed by atoms with van der Waals surface area (Å²) in [5.41, 5.74) is 2.03. The van der Waals surface area contributed by atoms with E-state index in [-0.39, 0.29) is 17.9 Å². The van der Waals surface area contributed by atoms with E-state index in [2.05, 4.69) is 16.7 Å². The molecule has 0 spiro atoms. The van der Waals surface area contributed by atoms with Gasteiger partial charge in [0.25, 0.3) is 0 Å². The Kier molecular flexibility index (Phi) is 4.94. The number of nitrogens with zero attached hydrogens (tertiary/aromatic N) is 1. The van der Waals surface area contributed by atoms with Gasteiger partial charge in [-0.15, -0.1) is 0 Å². The summed E-state index contributed by atoms with van der Waals surface area (Å²) in [4.78, 5) is 18.1. The number of pyridine rings is 1. The average Bonchev–Trinajstić information content (AvgIpc) is 3.39. The summed E-state index contributed by atoms with van der Waals surface area (Å²) in [5.74, 6) is 5.29. The molecule has 6 bridgehead atoms. The van der Waals surface area contributed by atoms with Crippen molar-refractivity contribution in [3.8, 4) is 0 Å². The Morgan fingerprint density at radius 2 is 1.71 bits per heavy atom. The topological polar surface area (TPSA) is 74.2 Å². The molecule has 0 radical (unpaired) electrons. The Morgan fingerprint density at radius 1 is 0.971 bits per heavy atom. The number of anilines is 2. The van der Waals surface area contributed by atoms with Crippen LogP contribution in [0.5, 0.6) is 0 Å². The third-order valence-electron chi connectivity index (χ3n) is 10.3. The van der Waals surface area contributed by atoms with Crippen molar-refractivity contribution in [3.63, 3.8) is 0 Å². The van der Waals surface area contributed by atoms with Gasteiger partial charge in [0.15, 0.2) is 0 Å². The van der Waals surface area contributed by atoms with Crippen molar-refractivity contribution in [2.75, 3.05) is 17.2 Å². The number of benzene rings is 1. The van der Waals surface area contributed by atoms with Gasteiger partial charge in [0.2, 0.25) is 5.91 Å². The normalized spacial score (nSPS) is 39.6. The number of carbonyl (C=O) groups is 1. The van der Waals surface area contributed by atoms with Crippen molar-refractivity contribution >= 4 is 28.3 Å². The second-order valence-corrected chi connectivity index (χ2v) is 12.6. The molecule has 8 rings (SSSR count). The molecule has 6 aliphatic rings. The van der Waals surface area contributed by atoms with Gasteiger partial charge in [-0.25, -0.2) is 4.98 Å². The molecule has 3 N–H and O–H groups in total. The Labute approximate surface area is 202 Å². The summed E-state index contributed by atoms with van der Waals surface area (Å²) < 4.78 is 0. The highest BCUT2D eigenvalue weighted by molar-refractivity contribution is 6.01. The van der Waals surface area contributed by atoms with Gasteiger partial charge in [-0.05, 0) is 117 Å². The SMILES string of the molecule is O=C(CC12CC3CC(CC(C3)C1)C2)Nc1cccc2nc(NC3[C@@H]4CC[C@@H](C4)[C@@H]3CO)ccc12. The molecule has 5 nitrogen and oxygen atoms in total. The molecule has 1 amide bonds. The molecule has 1 heterocycles. The van der Waals surface area contributed by atoms with Gasteiger partial charge >= 0.3 is 0 Å². The van der Waals surface area contributed by atoms with Crippen LogP contribution >= 0.6 is 0 Å². The van der Waals surface area contributed by atoms with Crippen molar-refractivity contribution in [2.24, 2.45) is 40.9 Å². The van der Waals surface area contributed by atoms with Gasteiger partial charge in [-0.3, -0.25) is 4.79 Å². The van der Waals surface area contributed by atoms with Crippen LogP contribution in [0.1, 0.15) is 64.2 Å². The number of carbonyl (C=O) groups excluding carboxylic acids is 1. The van der Waals surface area contributed by atoms with Gasteiger partial charge in [0, 0.05) is 30.4 Å². The first-order valence-electron chi connectivity index (χ1n) is 13.6. The van der Waals surface area contributed by atoms with E-state index < -0.39 is 0 Å². The Bertz CT molecular complexity index is 1080. The standard InChI is InChI=1S/C29H37N3O2/c33-16-23-20-4-5-21(11-20)28(23)32-26-7-6-22-24(30-26)2-1-3-25(22)31-27(34)15-29-12-17-8-18(13-29)10-19(9-17)14-29/h1-3,6-7,17-21,23,28,33H,4-5,8-16H2,(H,30,32)(H,31,34)/t17?,18?,19?,20-,21+,23-,28?,29?/m0/s1. The van der Waals surface area contributed by atoms with Crippen LogP contribution in [0.2, 0.25) is 0 Å². The van der Waals surface area contributed by atoms with Crippen molar-refractivity contribution in [1.82, 2.24) is 4.98 Å². The highest BCUT2D eigenvalue weighted by Gasteiger charge is 2.51. The summed E-state index contributed by atoms with van der Waals surface area (Å²) in [7, 11) is 0. The van der Waals surface area contributed by atoms with Crippen LogP contribution in [0.4, 0.5) is 11.5 Å². The lowest BCUT2D eigenvalue weighted by atomic mass is 9.49. The molecule has 180 valence electrons. The fourth-order valence-corrected chi connectivity index (χ4v) is 9.45. The molecule has 2 aromatic rings. The molecule has 4 atom stereocenters. The Hall–Kier alpha value is -2.14. The summed E-state index contributed by atoms with van der Waals surface area (Å²) in [5, 5.41) is 17.8. The maximum absolute atomic E-state index is 13.2. The maximum Gasteiger partial charge on any atom is 0.224 e. The van der Waals surface area contributed by atoms with Crippen molar-refractivity contribution < 1.29 is 9.90 Å². The van der Waals surface area contributed by atoms with Crippen LogP contribution < -0.4 is 10.6 Å². The van der Waals surface area contributed by atoms with Gasteiger partial charge in [-0.1, -0.05) is 6.07 Å². The summed E-state index contributed by atoms with van der Waals surface area (Å²) in [6, 6.07) is 10.5. The predicted octanol–water partition coefficient (Wildman–Crippen LogP) is 5.60. The minimum absolute atomic E-state index is 0.171. The quantitative estimate of drug-likeness (QED) is 0.526. The lowest BCUT2D eigenvalue weighted by Gasteiger charge is -2.56. The van der Waals surface area contributed by atoms with Crippen LogP contribution in [0.15, 0.2) is 30.3 Å². The lowest BCUT2D eigenvalue weighted by Crippen LogP contribution is -2.47. The molecule has 6 fully saturated rings. The van der Waals surface area contributed by atoms with E-state index in [0.717, 1.165) is 40.2 Å². The Morgan fingerprint density at radius 3 is 2.44 bits per heavy atom. The highest BCUT2D eigenvalue weighted by atomic mass is 16.3. The molecule has 0 aliphatic heterocycles. The molecular formula is C29H37N3O2. The van der Waals surface area contributed by atoms with Crippen LogP contribution in [0.25, 0.3) is 10.9 Å². The number of aliphatic hydroxyl groups is 1. The van der Waals surface area contributed by atoms with Crippen LogP contribution in [-0.2, 0) is 4.79 Å². The Balaban J connectivity index is 1.07. The van der Waals surface area contributed by atoms with Gasteiger partial charge in [0.05, 0.1) is 11.2 Å². The van der Waals surface area contributed by atoms with Gasteiger partial charge in [0.1, 0.15) is 5.82 Å². The zero-order valence-corrected chi connectivity index (χ0v) is 20.0. The van der Waals surface area contributed by atoms with Crippen LogP contribution in [0.3, 0.4) is 0 Å². The van der Waals surface area contributed by atoms with Crippen LogP contribution in [-0.4, -0.2) is 28.6 Å². The average molecular weight is 460 g/mol. The summed E-state index contributed by atoms with van der Waals surface area (Å²) >= 11 is 0. The third-order valence-corrected chi connectivity index (χ3v) is 10.3. The number of aliphatic hydroxyl groups excluding tert-OH is 1. The monoisotopic (exact) mass is 459 g/mol. The van der Waals surface area contributed by atoms with Crippen molar-refractivity contribution in [3.05, 3.63) is 30.3 Å². The first-order chi connectivity index (χ1) is 16.6. The van der Waals surface area contributed by atoms with E-state index in [1.54, 1.807) is 0 Å².